The molecular weight excluding hydrogens is 224 g/mol. The molecule has 3 nitrogen and oxygen atoms in total. The van der Waals surface area contributed by atoms with Crippen LogP contribution in [-0.4, -0.2) is 18.8 Å². The van der Waals surface area contributed by atoms with Crippen molar-refractivity contribution in [2.24, 2.45) is 17.7 Å². The van der Waals surface area contributed by atoms with E-state index in [0.717, 1.165) is 12.3 Å². The highest BCUT2D eigenvalue weighted by atomic mass is 16.5. The highest BCUT2D eigenvalue weighted by Crippen LogP contribution is 2.42. The zero-order valence-corrected chi connectivity index (χ0v) is 12.1. The number of hydrogen-bond donors (Lipinski definition) is 2. The Balaban J connectivity index is 2.11. The van der Waals surface area contributed by atoms with Crippen molar-refractivity contribution >= 4 is 0 Å². The Labute approximate surface area is 112 Å². The molecule has 3 atom stereocenters. The summed E-state index contributed by atoms with van der Waals surface area (Å²) in [6.07, 6.45) is 11.7. The molecule has 0 heterocycles. The van der Waals surface area contributed by atoms with Crippen molar-refractivity contribution in [1.82, 2.24) is 5.43 Å². The first-order valence-corrected chi connectivity index (χ1v) is 7.73. The van der Waals surface area contributed by atoms with Crippen LogP contribution < -0.4 is 11.3 Å². The van der Waals surface area contributed by atoms with Gasteiger partial charge in [-0.15, -0.1) is 0 Å². The number of nitrogens with two attached hydrogens (primary N) is 1. The SMILES string of the molecule is COC1(C(NN)C2CCCCC2)CCCC(C)C1. The number of methoxy groups -OCH3 is 1. The van der Waals surface area contributed by atoms with Gasteiger partial charge in [0.25, 0.3) is 0 Å². The van der Waals surface area contributed by atoms with E-state index in [2.05, 4.69) is 12.3 Å². The van der Waals surface area contributed by atoms with Crippen LogP contribution in [0.5, 0.6) is 0 Å². The molecule has 0 spiro atoms. The highest BCUT2D eigenvalue weighted by molar-refractivity contribution is 4.99. The van der Waals surface area contributed by atoms with E-state index in [4.69, 9.17) is 10.6 Å². The molecule has 3 unspecified atom stereocenters. The van der Waals surface area contributed by atoms with Crippen molar-refractivity contribution in [3.05, 3.63) is 0 Å². The summed E-state index contributed by atoms with van der Waals surface area (Å²) < 4.78 is 6.01. The van der Waals surface area contributed by atoms with Crippen molar-refractivity contribution in [2.45, 2.75) is 76.4 Å². The molecule has 2 aliphatic carbocycles. The van der Waals surface area contributed by atoms with Crippen LogP contribution in [0.3, 0.4) is 0 Å². The maximum atomic E-state index is 6.01. The predicted octanol–water partition coefficient (Wildman–Crippen LogP) is 2.99. The third kappa shape index (κ3) is 2.89. The number of rotatable bonds is 4. The van der Waals surface area contributed by atoms with Crippen LogP contribution >= 0.6 is 0 Å². The molecule has 0 aromatic rings. The Morgan fingerprint density at radius 1 is 1.17 bits per heavy atom. The van der Waals surface area contributed by atoms with E-state index in [0.29, 0.717) is 12.0 Å². The third-order valence-corrected chi connectivity index (χ3v) is 5.26. The molecular formula is C15H30N2O. The van der Waals surface area contributed by atoms with Crippen LogP contribution in [0.2, 0.25) is 0 Å². The number of hydrogen-bond acceptors (Lipinski definition) is 3. The largest absolute Gasteiger partial charge is 0.377 e. The van der Waals surface area contributed by atoms with E-state index >= 15 is 0 Å². The lowest BCUT2D eigenvalue weighted by molar-refractivity contribution is -0.0959. The van der Waals surface area contributed by atoms with Gasteiger partial charge in [0.05, 0.1) is 11.6 Å². The molecule has 0 aliphatic heterocycles. The van der Waals surface area contributed by atoms with E-state index in [1.807, 2.05) is 7.11 Å². The van der Waals surface area contributed by atoms with Crippen LogP contribution in [0.4, 0.5) is 0 Å². The lowest BCUT2D eigenvalue weighted by Gasteiger charge is -2.48. The van der Waals surface area contributed by atoms with Gasteiger partial charge in [-0.2, -0.15) is 0 Å². The van der Waals surface area contributed by atoms with Crippen LogP contribution in [0.25, 0.3) is 0 Å². The van der Waals surface area contributed by atoms with Gasteiger partial charge in [-0.05, 0) is 37.5 Å². The Bertz CT molecular complexity index is 253. The van der Waals surface area contributed by atoms with E-state index in [1.165, 1.54) is 51.4 Å². The van der Waals surface area contributed by atoms with Gasteiger partial charge in [-0.3, -0.25) is 11.3 Å². The van der Waals surface area contributed by atoms with E-state index in [1.54, 1.807) is 0 Å². The molecule has 0 amide bonds. The molecule has 0 saturated heterocycles. The molecule has 0 aromatic carbocycles. The average Bonchev–Trinajstić information content (AvgIpc) is 2.41. The average molecular weight is 254 g/mol. The second-order valence-corrected chi connectivity index (χ2v) is 6.51. The van der Waals surface area contributed by atoms with Gasteiger partial charge < -0.3 is 4.74 Å². The van der Waals surface area contributed by atoms with Gasteiger partial charge in [-0.1, -0.05) is 39.0 Å². The molecule has 2 saturated carbocycles. The smallest absolute Gasteiger partial charge is 0.0849 e. The van der Waals surface area contributed by atoms with Gasteiger partial charge >= 0.3 is 0 Å². The topological polar surface area (TPSA) is 47.3 Å². The first-order valence-electron chi connectivity index (χ1n) is 7.73. The molecule has 18 heavy (non-hydrogen) atoms. The maximum Gasteiger partial charge on any atom is 0.0849 e. The first-order chi connectivity index (χ1) is 8.72. The van der Waals surface area contributed by atoms with Crippen LogP contribution in [0, 0.1) is 11.8 Å². The molecule has 3 heteroatoms. The van der Waals surface area contributed by atoms with Crippen LogP contribution in [0.15, 0.2) is 0 Å². The van der Waals surface area contributed by atoms with E-state index in [-0.39, 0.29) is 5.60 Å². The monoisotopic (exact) mass is 254 g/mol. The molecule has 2 fully saturated rings. The van der Waals surface area contributed by atoms with Crippen molar-refractivity contribution in [3.8, 4) is 0 Å². The Morgan fingerprint density at radius 3 is 2.44 bits per heavy atom. The summed E-state index contributed by atoms with van der Waals surface area (Å²) in [6.45, 7) is 2.35. The fourth-order valence-electron chi connectivity index (χ4n) is 4.32. The standard InChI is InChI=1S/C15H30N2O/c1-12-7-6-10-15(11-12,18-2)14(17-16)13-8-4-3-5-9-13/h12-14,17H,3-11,16H2,1-2H3. The minimum Gasteiger partial charge on any atom is -0.377 e. The fraction of sp³-hybridized carbons (Fsp3) is 1.00. The first kappa shape index (κ1) is 14.3. The summed E-state index contributed by atoms with van der Waals surface area (Å²) in [4.78, 5) is 0. The lowest BCUT2D eigenvalue weighted by Crippen LogP contribution is -2.60. The molecule has 106 valence electrons. The van der Waals surface area contributed by atoms with Crippen molar-refractivity contribution in [1.29, 1.82) is 0 Å². The van der Waals surface area contributed by atoms with Gasteiger partial charge in [-0.25, -0.2) is 0 Å². The third-order valence-electron chi connectivity index (χ3n) is 5.26. The zero-order chi connectivity index (χ0) is 13.0. The second kappa shape index (κ2) is 6.36. The van der Waals surface area contributed by atoms with Crippen molar-refractivity contribution < 1.29 is 4.74 Å². The van der Waals surface area contributed by atoms with Crippen LogP contribution in [0.1, 0.15) is 64.7 Å². The fourth-order valence-corrected chi connectivity index (χ4v) is 4.32. The molecule has 3 N–H and O–H groups in total. The Morgan fingerprint density at radius 2 is 1.89 bits per heavy atom. The van der Waals surface area contributed by atoms with Gasteiger partial charge in [0.15, 0.2) is 0 Å². The number of ether oxygens (including phenoxy) is 1. The summed E-state index contributed by atoms with van der Waals surface area (Å²) in [5.41, 5.74) is 3.11. The van der Waals surface area contributed by atoms with Crippen LogP contribution in [-0.2, 0) is 4.74 Å². The van der Waals surface area contributed by atoms with E-state index < -0.39 is 0 Å². The quantitative estimate of drug-likeness (QED) is 0.599. The highest BCUT2D eigenvalue weighted by Gasteiger charge is 2.45. The summed E-state index contributed by atoms with van der Waals surface area (Å²) in [7, 11) is 1.88. The van der Waals surface area contributed by atoms with Gasteiger partial charge in [0.2, 0.25) is 0 Å². The Kier molecular flexibility index (Phi) is 5.05. The minimum absolute atomic E-state index is 0.0194. The predicted molar refractivity (Wildman–Crippen MR) is 75.1 cm³/mol. The number of nitrogens with one attached hydrogen (secondary N) is 1. The molecule has 2 aliphatic rings. The summed E-state index contributed by atoms with van der Waals surface area (Å²) in [5.74, 6) is 7.38. The molecule has 0 radical (unpaired) electrons. The summed E-state index contributed by atoms with van der Waals surface area (Å²) >= 11 is 0. The normalized spacial score (nSPS) is 36.5. The van der Waals surface area contributed by atoms with Gasteiger partial charge in [0, 0.05) is 7.11 Å². The molecule has 0 aromatic heterocycles. The number of hydrazine groups is 1. The summed E-state index contributed by atoms with van der Waals surface area (Å²) in [6, 6.07) is 0.338. The van der Waals surface area contributed by atoms with Gasteiger partial charge in [0.1, 0.15) is 0 Å². The Hall–Kier alpha value is -0.120. The second-order valence-electron chi connectivity index (χ2n) is 6.51. The summed E-state index contributed by atoms with van der Waals surface area (Å²) in [5, 5.41) is 0. The minimum atomic E-state index is -0.0194. The lowest BCUT2D eigenvalue weighted by atomic mass is 9.68. The van der Waals surface area contributed by atoms with Crippen molar-refractivity contribution in [3.63, 3.8) is 0 Å². The zero-order valence-electron chi connectivity index (χ0n) is 12.1. The molecule has 0 bridgehead atoms. The maximum absolute atomic E-state index is 6.01. The van der Waals surface area contributed by atoms with E-state index in [9.17, 15) is 0 Å². The molecule has 2 rings (SSSR count). The van der Waals surface area contributed by atoms with Crippen molar-refractivity contribution in [2.75, 3.05) is 7.11 Å².